The molecule has 142 valence electrons. The summed E-state index contributed by atoms with van der Waals surface area (Å²) in [5.74, 6) is 1.66. The van der Waals surface area contributed by atoms with Crippen molar-refractivity contribution < 1.29 is 4.79 Å². The molecule has 1 N–H and O–H groups in total. The molecule has 2 aliphatic carbocycles. The fraction of sp³-hybridized carbons (Fsp3) is 0.762. The molecule has 3 aliphatic rings. The van der Waals surface area contributed by atoms with Crippen molar-refractivity contribution in [3.8, 4) is 0 Å². The molecule has 1 aliphatic heterocycles. The summed E-state index contributed by atoms with van der Waals surface area (Å²) in [5.41, 5.74) is 2.41. The van der Waals surface area contributed by atoms with E-state index in [9.17, 15) is 4.79 Å². The third-order valence-corrected chi connectivity index (χ3v) is 6.34. The number of amides is 1. The maximum Gasteiger partial charge on any atom is 0.225 e. The molecule has 2 heterocycles. The van der Waals surface area contributed by atoms with Gasteiger partial charge in [-0.25, -0.2) is 9.97 Å². The van der Waals surface area contributed by atoms with Crippen LogP contribution in [0, 0.1) is 11.3 Å². The highest BCUT2D eigenvalue weighted by atomic mass is 16.1. The van der Waals surface area contributed by atoms with Crippen LogP contribution >= 0.6 is 0 Å². The molecule has 5 heteroatoms. The van der Waals surface area contributed by atoms with Crippen molar-refractivity contribution in [3.05, 3.63) is 17.5 Å². The molecular weight excluding hydrogens is 324 g/mol. The van der Waals surface area contributed by atoms with Crippen LogP contribution in [0.1, 0.15) is 82.5 Å². The molecular formula is C21H32N4O. The summed E-state index contributed by atoms with van der Waals surface area (Å²) < 4.78 is 0. The Morgan fingerprint density at radius 2 is 1.96 bits per heavy atom. The Hall–Kier alpha value is -1.65. The number of hydrogen-bond donors (Lipinski definition) is 1. The van der Waals surface area contributed by atoms with Gasteiger partial charge in [0.05, 0.1) is 11.7 Å². The molecule has 0 aromatic carbocycles. The second-order valence-corrected chi connectivity index (χ2v) is 9.29. The van der Waals surface area contributed by atoms with E-state index in [2.05, 4.69) is 29.0 Å². The molecule has 0 unspecified atom stereocenters. The van der Waals surface area contributed by atoms with Gasteiger partial charge in [0.1, 0.15) is 0 Å². The lowest BCUT2D eigenvalue weighted by molar-refractivity contribution is -0.123. The third-order valence-electron chi connectivity index (χ3n) is 6.34. The minimum atomic E-state index is 0.0512. The fourth-order valence-corrected chi connectivity index (χ4v) is 4.96. The van der Waals surface area contributed by atoms with Crippen LogP contribution in [0.3, 0.4) is 0 Å². The molecule has 1 atom stereocenters. The van der Waals surface area contributed by atoms with Gasteiger partial charge in [-0.05, 0) is 49.9 Å². The van der Waals surface area contributed by atoms with Gasteiger partial charge in [0.2, 0.25) is 11.9 Å². The van der Waals surface area contributed by atoms with Gasteiger partial charge in [0.15, 0.2) is 0 Å². The molecule has 1 amide bonds. The number of carbonyl (C=O) groups is 1. The lowest BCUT2D eigenvalue weighted by atomic mass is 9.74. The molecule has 0 radical (unpaired) electrons. The van der Waals surface area contributed by atoms with Crippen LogP contribution in [0.5, 0.6) is 0 Å². The van der Waals surface area contributed by atoms with Crippen molar-refractivity contribution in [3.63, 3.8) is 0 Å². The molecule has 1 saturated heterocycles. The van der Waals surface area contributed by atoms with E-state index in [-0.39, 0.29) is 17.4 Å². The first-order chi connectivity index (χ1) is 12.5. The van der Waals surface area contributed by atoms with Gasteiger partial charge in [-0.2, -0.15) is 0 Å². The predicted octanol–water partition coefficient (Wildman–Crippen LogP) is 3.79. The zero-order chi connectivity index (χ0) is 18.1. The highest BCUT2D eigenvalue weighted by Gasteiger charge is 2.35. The Morgan fingerprint density at radius 1 is 1.23 bits per heavy atom. The summed E-state index contributed by atoms with van der Waals surface area (Å²) >= 11 is 0. The van der Waals surface area contributed by atoms with E-state index in [1.54, 1.807) is 0 Å². The monoisotopic (exact) mass is 356 g/mol. The number of fused-ring (bicyclic) bond motifs is 1. The minimum Gasteiger partial charge on any atom is -0.349 e. The Labute approximate surface area is 157 Å². The molecule has 1 saturated carbocycles. The van der Waals surface area contributed by atoms with Gasteiger partial charge in [0.25, 0.3) is 0 Å². The third kappa shape index (κ3) is 3.86. The van der Waals surface area contributed by atoms with E-state index in [0.717, 1.165) is 43.1 Å². The second-order valence-electron chi connectivity index (χ2n) is 9.29. The van der Waals surface area contributed by atoms with Crippen molar-refractivity contribution in [2.24, 2.45) is 11.3 Å². The number of rotatable bonds is 4. The van der Waals surface area contributed by atoms with Crippen molar-refractivity contribution >= 4 is 11.9 Å². The average Bonchev–Trinajstić information content (AvgIpc) is 3.26. The maximum absolute atomic E-state index is 12.6. The van der Waals surface area contributed by atoms with E-state index in [1.165, 1.54) is 38.5 Å². The van der Waals surface area contributed by atoms with Gasteiger partial charge in [-0.15, -0.1) is 0 Å². The standard InChI is InChI=1S/C21H32N4O/c1-21(2)12-17(23-19(26)11-15-7-3-4-8-15)16-14-22-20(24-18(16)13-21)25-9-5-6-10-25/h14-15,17H,3-13H2,1-2H3,(H,23,26)/t17-/m0/s1. The lowest BCUT2D eigenvalue weighted by Crippen LogP contribution is -2.38. The van der Waals surface area contributed by atoms with Crippen LogP contribution in [-0.2, 0) is 11.2 Å². The second kappa shape index (κ2) is 7.16. The van der Waals surface area contributed by atoms with Crippen LogP contribution in [0.25, 0.3) is 0 Å². The number of carbonyl (C=O) groups excluding carboxylic acids is 1. The van der Waals surface area contributed by atoms with Gasteiger partial charge >= 0.3 is 0 Å². The number of aromatic nitrogens is 2. The summed E-state index contributed by atoms with van der Waals surface area (Å²) in [5, 5.41) is 3.31. The largest absolute Gasteiger partial charge is 0.349 e. The fourth-order valence-electron chi connectivity index (χ4n) is 4.96. The highest BCUT2D eigenvalue weighted by Crippen LogP contribution is 2.40. The quantitative estimate of drug-likeness (QED) is 0.892. The smallest absolute Gasteiger partial charge is 0.225 e. The van der Waals surface area contributed by atoms with E-state index in [0.29, 0.717) is 12.3 Å². The summed E-state index contributed by atoms with van der Waals surface area (Å²) in [6, 6.07) is 0.0512. The summed E-state index contributed by atoms with van der Waals surface area (Å²) in [6.45, 7) is 6.68. The lowest BCUT2D eigenvalue weighted by Gasteiger charge is -2.37. The van der Waals surface area contributed by atoms with E-state index < -0.39 is 0 Å². The van der Waals surface area contributed by atoms with E-state index >= 15 is 0 Å². The van der Waals surface area contributed by atoms with Crippen LogP contribution in [0.4, 0.5) is 5.95 Å². The van der Waals surface area contributed by atoms with Crippen LogP contribution < -0.4 is 10.2 Å². The molecule has 26 heavy (non-hydrogen) atoms. The molecule has 5 nitrogen and oxygen atoms in total. The maximum atomic E-state index is 12.6. The first-order valence-electron chi connectivity index (χ1n) is 10.4. The van der Waals surface area contributed by atoms with Gasteiger partial charge < -0.3 is 10.2 Å². The van der Waals surface area contributed by atoms with Gasteiger partial charge in [-0.3, -0.25) is 4.79 Å². The summed E-state index contributed by atoms with van der Waals surface area (Å²) in [4.78, 5) is 24.5. The zero-order valence-corrected chi connectivity index (χ0v) is 16.3. The highest BCUT2D eigenvalue weighted by molar-refractivity contribution is 5.76. The average molecular weight is 357 g/mol. The summed E-state index contributed by atoms with van der Waals surface area (Å²) in [6.07, 6.45) is 12.0. The molecule has 0 spiro atoms. The van der Waals surface area contributed by atoms with Crippen LogP contribution in [0.2, 0.25) is 0 Å². The number of anilines is 1. The first kappa shape index (κ1) is 17.7. The number of nitrogens with one attached hydrogen (secondary N) is 1. The zero-order valence-electron chi connectivity index (χ0n) is 16.3. The molecule has 1 aromatic heterocycles. The molecule has 4 rings (SSSR count). The van der Waals surface area contributed by atoms with Gasteiger partial charge in [0, 0.05) is 31.3 Å². The van der Waals surface area contributed by atoms with Crippen molar-refractivity contribution in [1.82, 2.24) is 15.3 Å². The molecule has 2 fully saturated rings. The predicted molar refractivity (Wildman–Crippen MR) is 103 cm³/mol. The Balaban J connectivity index is 1.51. The van der Waals surface area contributed by atoms with E-state index in [4.69, 9.17) is 4.98 Å². The number of hydrogen-bond acceptors (Lipinski definition) is 4. The Kier molecular flexibility index (Phi) is 4.89. The normalized spacial score (nSPS) is 25.3. The van der Waals surface area contributed by atoms with Crippen LogP contribution in [-0.4, -0.2) is 29.0 Å². The van der Waals surface area contributed by atoms with Crippen molar-refractivity contribution in [2.45, 2.75) is 77.7 Å². The molecule has 0 bridgehead atoms. The molecule has 1 aromatic rings. The first-order valence-corrected chi connectivity index (χ1v) is 10.4. The van der Waals surface area contributed by atoms with Crippen molar-refractivity contribution in [1.29, 1.82) is 0 Å². The summed E-state index contributed by atoms with van der Waals surface area (Å²) in [7, 11) is 0. The number of nitrogens with zero attached hydrogens (tertiary/aromatic N) is 3. The van der Waals surface area contributed by atoms with E-state index in [1.807, 2.05) is 6.20 Å². The van der Waals surface area contributed by atoms with Gasteiger partial charge in [-0.1, -0.05) is 26.7 Å². The Morgan fingerprint density at radius 3 is 2.69 bits per heavy atom. The Bertz CT molecular complexity index is 660. The topological polar surface area (TPSA) is 58.1 Å². The van der Waals surface area contributed by atoms with Crippen LogP contribution in [0.15, 0.2) is 6.20 Å². The SMILES string of the molecule is CC1(C)Cc2nc(N3CCCC3)ncc2[C@@H](NC(=O)CC2CCCC2)C1. The van der Waals surface area contributed by atoms with Crippen molar-refractivity contribution in [2.75, 3.05) is 18.0 Å². The minimum absolute atomic E-state index is 0.0512.